The normalized spacial score (nSPS) is 2.50. The number of aliphatic carboxylic acids is 1. The van der Waals surface area contributed by atoms with Crippen LogP contribution in [0.25, 0.3) is 0 Å². The Bertz CT molecular complexity index is 44.2. The van der Waals surface area contributed by atoms with Gasteiger partial charge in [0, 0.05) is 5.97 Å². The van der Waals surface area contributed by atoms with E-state index in [4.69, 9.17) is 9.90 Å². The number of carbonyl (C=O) groups is 1. The number of carbonyl (C=O) groups excluding carboxylic acids is 1. The van der Waals surface area contributed by atoms with Crippen molar-refractivity contribution in [2.75, 3.05) is 0 Å². The quantitative estimate of drug-likeness (QED) is 0.415. The smallest absolute Gasteiger partial charge is 1.00 e. The zero-order chi connectivity index (χ0) is 3.58. The summed E-state index contributed by atoms with van der Waals surface area (Å²) in [4.78, 5) is 8.89. The van der Waals surface area contributed by atoms with E-state index in [1.807, 2.05) is 0 Å². The van der Waals surface area contributed by atoms with E-state index in [1.165, 1.54) is 0 Å². The molecule has 0 radical (unpaired) electrons. The number of carboxylic acids is 1. The molecule has 0 rings (SSSR count). The summed E-state index contributed by atoms with van der Waals surface area (Å²) < 4.78 is 0. The summed E-state index contributed by atoms with van der Waals surface area (Å²) in [7, 11) is 0. The Morgan fingerprint density at radius 1 is 1.10 bits per heavy atom. The summed E-state index contributed by atoms with van der Waals surface area (Å²) in [6.07, 6.45) is 0. The summed E-state index contributed by atoms with van der Waals surface area (Å²) in [6, 6.07) is 0. The van der Waals surface area contributed by atoms with Crippen LogP contribution in [0, 0.1) is 0 Å². The van der Waals surface area contributed by atoms with Crippen LogP contribution in [0.1, 0.15) is 6.92 Å². The number of halogens is 4. The van der Waals surface area contributed by atoms with Crippen molar-refractivity contribution in [2.45, 2.75) is 6.92 Å². The van der Waals surface area contributed by atoms with Crippen LogP contribution in [0.2, 0.25) is 0 Å². The van der Waals surface area contributed by atoms with E-state index in [9.17, 15) is 0 Å². The fourth-order valence-electron chi connectivity index (χ4n) is 0. The van der Waals surface area contributed by atoms with Gasteiger partial charge >= 0.3 is 49.0 Å². The standard InChI is InChI=1S/C2H4O2.4ClH.Na.Ru/c1-2(3)4;;;;;;/h1H3,(H,3,4);4*1H;;/q;;;;;+1;+4/p-5. The Balaban J connectivity index is -0.00000000300. The predicted octanol–water partition coefficient (Wildman–Crippen LogP) is -16.2. The first-order valence-corrected chi connectivity index (χ1v) is 0.908. The molecule has 0 aromatic heterocycles. The molecule has 0 N–H and O–H groups in total. The van der Waals surface area contributed by atoms with Crippen molar-refractivity contribution in [3.8, 4) is 0 Å². The molecule has 0 saturated heterocycles. The molecule has 8 heteroatoms. The Morgan fingerprint density at radius 3 is 1.10 bits per heavy atom. The van der Waals surface area contributed by atoms with Gasteiger partial charge in [-0.15, -0.1) is 0 Å². The predicted molar refractivity (Wildman–Crippen MR) is 10.7 cm³/mol. The van der Waals surface area contributed by atoms with Gasteiger partial charge in [0.25, 0.3) is 0 Å². The number of rotatable bonds is 0. The molecule has 0 aromatic carbocycles. The molecule has 2 nitrogen and oxygen atoms in total. The van der Waals surface area contributed by atoms with E-state index < -0.39 is 5.97 Å². The van der Waals surface area contributed by atoms with Crippen LogP contribution in [0.4, 0.5) is 0 Å². The van der Waals surface area contributed by atoms with Gasteiger partial charge in [0.1, 0.15) is 0 Å². The summed E-state index contributed by atoms with van der Waals surface area (Å²) in [5.41, 5.74) is 0. The van der Waals surface area contributed by atoms with Crippen LogP contribution < -0.4 is 84.3 Å². The van der Waals surface area contributed by atoms with E-state index in [1.54, 1.807) is 0 Å². The molecule has 0 aliphatic rings. The van der Waals surface area contributed by atoms with Crippen LogP contribution in [-0.4, -0.2) is 5.97 Å². The van der Waals surface area contributed by atoms with Crippen LogP contribution in [0.5, 0.6) is 0 Å². The van der Waals surface area contributed by atoms with Gasteiger partial charge in [0.2, 0.25) is 0 Å². The summed E-state index contributed by atoms with van der Waals surface area (Å²) in [5.74, 6) is -1.08. The minimum Gasteiger partial charge on any atom is -1.00 e. The minimum absolute atomic E-state index is 0. The second-order valence-electron chi connectivity index (χ2n) is 0.492. The van der Waals surface area contributed by atoms with Crippen molar-refractivity contribution in [1.82, 2.24) is 0 Å². The molecule has 0 aliphatic carbocycles. The second-order valence-corrected chi connectivity index (χ2v) is 0.492. The van der Waals surface area contributed by atoms with Crippen molar-refractivity contribution in [2.24, 2.45) is 0 Å². The van der Waals surface area contributed by atoms with E-state index in [-0.39, 0.29) is 98.7 Å². The first-order valence-electron chi connectivity index (χ1n) is 0.908. The molecule has 0 saturated carbocycles. The van der Waals surface area contributed by atoms with E-state index >= 15 is 0 Å². The molecular weight excluding hydrogens is 322 g/mol. The number of hydrogen-bond acceptors (Lipinski definition) is 2. The maximum atomic E-state index is 8.89. The minimum atomic E-state index is -1.08. The molecule has 0 amide bonds. The fourth-order valence-corrected chi connectivity index (χ4v) is 0. The summed E-state index contributed by atoms with van der Waals surface area (Å²) in [6.45, 7) is 0.972. The van der Waals surface area contributed by atoms with Gasteiger partial charge in [-0.2, -0.15) is 0 Å². The molecule has 0 fully saturated rings. The zero-order valence-electron chi connectivity index (χ0n) is 5.18. The topological polar surface area (TPSA) is 40.1 Å². The van der Waals surface area contributed by atoms with Crippen LogP contribution in [-0.2, 0) is 24.3 Å². The van der Waals surface area contributed by atoms with Crippen LogP contribution >= 0.6 is 0 Å². The SMILES string of the molecule is CC(=O)[O-].[Cl-].[Cl-].[Cl-].[Cl-].[Na+].[Ru+4]. The summed E-state index contributed by atoms with van der Waals surface area (Å²) in [5, 5.41) is 8.89. The van der Waals surface area contributed by atoms with Gasteiger partial charge in [-0.1, -0.05) is 0 Å². The van der Waals surface area contributed by atoms with Gasteiger partial charge in [-0.25, -0.2) is 0 Å². The molecule has 60 valence electrons. The maximum absolute atomic E-state index is 8.89. The van der Waals surface area contributed by atoms with Gasteiger partial charge < -0.3 is 59.5 Å². The Morgan fingerprint density at radius 2 is 1.10 bits per heavy atom. The summed E-state index contributed by atoms with van der Waals surface area (Å²) >= 11 is 0. The molecule has 0 aliphatic heterocycles. The zero-order valence-corrected chi connectivity index (χ0v) is 11.9. The number of carboxylic acid groups (broad SMARTS) is 1. The van der Waals surface area contributed by atoms with Gasteiger partial charge in [-0.3, -0.25) is 0 Å². The monoisotopic (exact) mass is 324 g/mol. The third kappa shape index (κ3) is 173. The molecule has 0 spiro atoms. The third-order valence-corrected chi connectivity index (χ3v) is 0. The number of hydrogen-bond donors (Lipinski definition) is 0. The Labute approximate surface area is 120 Å². The van der Waals surface area contributed by atoms with Gasteiger partial charge in [0.05, 0.1) is 0 Å². The maximum Gasteiger partial charge on any atom is 4.00 e. The van der Waals surface area contributed by atoms with Crippen molar-refractivity contribution >= 4 is 5.97 Å². The van der Waals surface area contributed by atoms with E-state index in [2.05, 4.69) is 0 Å². The molecule has 0 aromatic rings. The molecule has 0 atom stereocenters. The average molecular weight is 325 g/mol. The molecule has 10 heavy (non-hydrogen) atoms. The van der Waals surface area contributed by atoms with E-state index in [0.29, 0.717) is 0 Å². The van der Waals surface area contributed by atoms with Gasteiger partial charge in [-0.05, 0) is 6.92 Å². The van der Waals surface area contributed by atoms with Gasteiger partial charge in [0.15, 0.2) is 0 Å². The van der Waals surface area contributed by atoms with Crippen molar-refractivity contribution < 1.29 is 109 Å². The molecular formula is C2H3Cl4NaO2Ru. The average Bonchev–Trinajstić information content (AvgIpc) is 0.811. The Kier molecular flexibility index (Phi) is 241. The Hall–Kier alpha value is 2.25. The first-order chi connectivity index (χ1) is 1.73. The second kappa shape index (κ2) is 42.9. The third-order valence-electron chi connectivity index (χ3n) is 0. The first kappa shape index (κ1) is 56.2. The van der Waals surface area contributed by atoms with Crippen LogP contribution in [0.3, 0.4) is 0 Å². The largest absolute Gasteiger partial charge is 4.00 e. The molecule has 0 bridgehead atoms. The molecule has 0 unspecified atom stereocenters. The molecule has 0 heterocycles. The van der Waals surface area contributed by atoms with Crippen molar-refractivity contribution in [1.29, 1.82) is 0 Å². The van der Waals surface area contributed by atoms with Crippen LogP contribution in [0.15, 0.2) is 0 Å². The fraction of sp³-hybridized carbons (Fsp3) is 0.500. The van der Waals surface area contributed by atoms with Crippen molar-refractivity contribution in [3.63, 3.8) is 0 Å². The van der Waals surface area contributed by atoms with Crippen molar-refractivity contribution in [3.05, 3.63) is 0 Å². The van der Waals surface area contributed by atoms with E-state index in [0.717, 1.165) is 6.92 Å².